The van der Waals surface area contributed by atoms with Gasteiger partial charge in [-0.15, -0.1) is 6.42 Å². The lowest BCUT2D eigenvalue weighted by molar-refractivity contribution is 0.264. The Bertz CT molecular complexity index is 1410. The Morgan fingerprint density at radius 1 is 1.34 bits per heavy atom. The van der Waals surface area contributed by atoms with Crippen LogP contribution in [0, 0.1) is 35.8 Å². The van der Waals surface area contributed by atoms with Gasteiger partial charge in [0.15, 0.2) is 29.2 Å². The second kappa shape index (κ2) is 8.32. The topological polar surface area (TPSA) is 119 Å². The van der Waals surface area contributed by atoms with E-state index in [0.717, 1.165) is 6.07 Å². The van der Waals surface area contributed by atoms with E-state index in [9.17, 15) is 9.50 Å². The number of nitrogens with zero attached hydrogens (tertiary/aromatic N) is 4. The third-order valence-electron chi connectivity index (χ3n) is 6.76. The summed E-state index contributed by atoms with van der Waals surface area (Å²) in [5.41, 5.74) is 6.10. The highest BCUT2D eigenvalue weighted by Gasteiger charge is 2.72. The maximum absolute atomic E-state index is 15.2. The van der Waals surface area contributed by atoms with Gasteiger partial charge in [-0.2, -0.15) is 0 Å². The predicted octanol–water partition coefficient (Wildman–Crippen LogP) is 3.33. The van der Waals surface area contributed by atoms with E-state index in [0.29, 0.717) is 16.9 Å². The van der Waals surface area contributed by atoms with E-state index in [2.05, 4.69) is 31.2 Å². The van der Waals surface area contributed by atoms with Crippen LogP contribution in [0.4, 0.5) is 20.3 Å². The molecule has 35 heavy (non-hydrogen) atoms. The molecule has 180 valence electrons. The molecule has 5 rings (SSSR count). The number of aliphatic imine (C=N–C) groups is 1. The molecule has 4 N–H and O–H groups in total. The average Bonchev–Trinajstić information content (AvgIpc) is 3.44. The summed E-state index contributed by atoms with van der Waals surface area (Å²) >= 11 is 1.29. The summed E-state index contributed by atoms with van der Waals surface area (Å²) in [5, 5.41) is 13.3. The molecule has 1 fully saturated rings. The minimum absolute atomic E-state index is 0.00673. The van der Waals surface area contributed by atoms with Crippen LogP contribution in [0.5, 0.6) is 5.88 Å². The van der Waals surface area contributed by atoms with Crippen molar-refractivity contribution in [1.29, 1.82) is 0 Å². The fourth-order valence-electron chi connectivity index (χ4n) is 5.11. The number of rotatable bonds is 6. The standard InChI is InChI=1S/C24H22F2N6O2S/c1-4-7-34-17-10-29-19-16(31-17)5-6-28-21(19)30-13-8-14(18(26)15(25)9-13)23(3)20-12(2)24(20,11-33)35-22(27)32-23/h1,5-6,8-10,12,20,33H,7,11H2,2-3H3,(H2,27,32)(H,28,30)/t12-,20?,23+,24-/m0/s1. The van der Waals surface area contributed by atoms with E-state index in [1.807, 2.05) is 6.92 Å². The summed E-state index contributed by atoms with van der Waals surface area (Å²) in [5.74, 6) is 0.651. The Morgan fingerprint density at radius 2 is 2.14 bits per heavy atom. The molecule has 0 radical (unpaired) electrons. The Morgan fingerprint density at radius 3 is 2.89 bits per heavy atom. The van der Waals surface area contributed by atoms with Crippen molar-refractivity contribution < 1.29 is 18.6 Å². The SMILES string of the molecule is C#CCOc1cnc2c(Nc3cc(F)c(F)c([C@@]4(C)N=C(N)S[C@]5(CO)C4[C@@H]5C)c3)nccc2n1. The zero-order valence-corrected chi connectivity index (χ0v) is 19.7. The number of aliphatic hydroxyl groups is 1. The van der Waals surface area contributed by atoms with Crippen LogP contribution in [-0.4, -0.2) is 43.2 Å². The number of aliphatic hydroxyl groups excluding tert-OH is 1. The number of hydrogen-bond acceptors (Lipinski definition) is 9. The number of halogens is 2. The van der Waals surface area contributed by atoms with Crippen LogP contribution in [0.1, 0.15) is 19.4 Å². The number of amidine groups is 1. The number of pyridine rings is 1. The van der Waals surface area contributed by atoms with Gasteiger partial charge in [-0.05, 0) is 25.0 Å². The van der Waals surface area contributed by atoms with Crippen LogP contribution >= 0.6 is 11.8 Å². The van der Waals surface area contributed by atoms with Crippen molar-refractivity contribution in [2.75, 3.05) is 18.5 Å². The first-order valence-corrected chi connectivity index (χ1v) is 11.6. The molecule has 0 spiro atoms. The molecule has 1 aliphatic carbocycles. The number of ether oxygens (including phenoxy) is 1. The quantitative estimate of drug-likeness (QED) is 0.445. The van der Waals surface area contributed by atoms with E-state index >= 15 is 4.39 Å². The maximum atomic E-state index is 15.2. The molecule has 1 aromatic carbocycles. The summed E-state index contributed by atoms with van der Waals surface area (Å²) in [6.07, 6.45) is 8.13. The number of anilines is 2. The molecule has 1 saturated carbocycles. The highest BCUT2D eigenvalue weighted by molar-refractivity contribution is 8.15. The fourth-order valence-corrected chi connectivity index (χ4v) is 6.61. The molecule has 2 aliphatic rings. The number of hydrogen-bond donors (Lipinski definition) is 3. The predicted molar refractivity (Wildman–Crippen MR) is 130 cm³/mol. The number of aromatic nitrogens is 3. The third-order valence-corrected chi connectivity index (χ3v) is 8.19. The normalized spacial score (nSPS) is 27.0. The zero-order valence-electron chi connectivity index (χ0n) is 18.9. The van der Waals surface area contributed by atoms with Crippen molar-refractivity contribution in [2.45, 2.75) is 24.1 Å². The van der Waals surface area contributed by atoms with Gasteiger partial charge in [0.1, 0.15) is 5.52 Å². The van der Waals surface area contributed by atoms with Gasteiger partial charge in [0.05, 0.1) is 28.6 Å². The van der Waals surface area contributed by atoms with Crippen LogP contribution in [0.3, 0.4) is 0 Å². The first-order chi connectivity index (χ1) is 16.7. The molecule has 2 aromatic heterocycles. The minimum Gasteiger partial charge on any atom is -0.463 e. The second-order valence-corrected chi connectivity index (χ2v) is 10.1. The lowest BCUT2D eigenvalue weighted by Gasteiger charge is -2.33. The lowest BCUT2D eigenvalue weighted by Crippen LogP contribution is -2.37. The van der Waals surface area contributed by atoms with E-state index in [-0.39, 0.29) is 47.3 Å². The lowest BCUT2D eigenvalue weighted by atomic mass is 9.84. The Balaban J connectivity index is 1.54. The number of terminal acetylenes is 1. The number of nitrogens with two attached hydrogens (primary N) is 1. The smallest absolute Gasteiger partial charge is 0.233 e. The van der Waals surface area contributed by atoms with Gasteiger partial charge in [-0.3, -0.25) is 4.99 Å². The highest BCUT2D eigenvalue weighted by Crippen LogP contribution is 2.69. The number of fused-ring (bicyclic) bond motifs is 2. The van der Waals surface area contributed by atoms with Gasteiger partial charge < -0.3 is 20.9 Å². The largest absolute Gasteiger partial charge is 0.463 e. The summed E-state index contributed by atoms with van der Waals surface area (Å²) < 4.78 is 34.7. The maximum Gasteiger partial charge on any atom is 0.233 e. The van der Waals surface area contributed by atoms with Crippen LogP contribution in [0.15, 0.2) is 35.6 Å². The fraction of sp³-hybridized carbons (Fsp3) is 0.333. The Kier molecular flexibility index (Phi) is 5.53. The first-order valence-electron chi connectivity index (χ1n) is 10.8. The molecule has 11 heteroatoms. The van der Waals surface area contributed by atoms with Gasteiger partial charge in [-0.25, -0.2) is 23.7 Å². The third kappa shape index (κ3) is 3.64. The summed E-state index contributed by atoms with van der Waals surface area (Å²) in [6.45, 7) is 3.59. The molecular formula is C24H22F2N6O2S. The van der Waals surface area contributed by atoms with E-state index in [4.69, 9.17) is 16.9 Å². The van der Waals surface area contributed by atoms with E-state index in [1.54, 1.807) is 13.0 Å². The average molecular weight is 497 g/mol. The minimum atomic E-state index is -1.16. The number of benzene rings is 1. The number of nitrogens with one attached hydrogen (secondary N) is 1. The number of thioether (sulfide) groups is 1. The van der Waals surface area contributed by atoms with Crippen molar-refractivity contribution in [2.24, 2.45) is 22.6 Å². The molecule has 0 saturated heterocycles. The molecule has 0 amide bonds. The molecule has 3 aromatic rings. The highest BCUT2D eigenvalue weighted by atomic mass is 32.2. The Hall–Kier alpha value is -3.49. The van der Waals surface area contributed by atoms with Crippen molar-refractivity contribution in [1.82, 2.24) is 15.0 Å². The summed E-state index contributed by atoms with van der Waals surface area (Å²) in [6, 6.07) is 4.19. The van der Waals surface area contributed by atoms with Gasteiger partial charge in [0, 0.05) is 29.4 Å². The van der Waals surface area contributed by atoms with Crippen LogP contribution < -0.4 is 15.8 Å². The van der Waals surface area contributed by atoms with E-state index < -0.39 is 21.9 Å². The van der Waals surface area contributed by atoms with Crippen molar-refractivity contribution in [3.8, 4) is 18.2 Å². The van der Waals surface area contributed by atoms with E-state index in [1.165, 1.54) is 30.2 Å². The van der Waals surface area contributed by atoms with Crippen molar-refractivity contribution >= 4 is 39.5 Å². The molecule has 4 atom stereocenters. The van der Waals surface area contributed by atoms with Crippen LogP contribution in [-0.2, 0) is 5.54 Å². The monoisotopic (exact) mass is 496 g/mol. The second-order valence-electron chi connectivity index (χ2n) is 8.75. The van der Waals surface area contributed by atoms with Crippen LogP contribution in [0.2, 0.25) is 0 Å². The molecule has 0 bridgehead atoms. The molecule has 1 unspecified atom stereocenters. The van der Waals surface area contributed by atoms with Gasteiger partial charge >= 0.3 is 0 Å². The van der Waals surface area contributed by atoms with Gasteiger partial charge in [-0.1, -0.05) is 24.6 Å². The molecule has 8 nitrogen and oxygen atoms in total. The summed E-state index contributed by atoms with van der Waals surface area (Å²) in [4.78, 5) is 17.5. The summed E-state index contributed by atoms with van der Waals surface area (Å²) in [7, 11) is 0. The Labute approximate surface area is 204 Å². The van der Waals surface area contributed by atoms with Crippen molar-refractivity contribution in [3.05, 3.63) is 47.8 Å². The zero-order chi connectivity index (χ0) is 25.0. The molecule has 3 heterocycles. The van der Waals surface area contributed by atoms with Crippen LogP contribution in [0.25, 0.3) is 11.0 Å². The first kappa shape index (κ1) is 23.3. The molecular weight excluding hydrogens is 474 g/mol. The molecule has 1 aliphatic heterocycles. The van der Waals surface area contributed by atoms with Crippen molar-refractivity contribution in [3.63, 3.8) is 0 Å². The van der Waals surface area contributed by atoms with Gasteiger partial charge in [0.2, 0.25) is 5.88 Å². The van der Waals surface area contributed by atoms with Gasteiger partial charge in [0.25, 0.3) is 0 Å².